The number of amides is 1. The summed E-state index contributed by atoms with van der Waals surface area (Å²) in [6, 6.07) is 4.77. The lowest BCUT2D eigenvalue weighted by atomic mass is 9.86. The molecule has 7 nitrogen and oxygen atoms in total. The van der Waals surface area contributed by atoms with E-state index in [-0.39, 0.29) is 12.0 Å². The van der Waals surface area contributed by atoms with Crippen molar-refractivity contribution in [1.82, 2.24) is 5.32 Å². The van der Waals surface area contributed by atoms with Gasteiger partial charge >= 0.3 is 5.97 Å². The minimum absolute atomic E-state index is 0.161. The van der Waals surface area contributed by atoms with Gasteiger partial charge in [-0.05, 0) is 37.0 Å². The molecule has 7 heteroatoms. The highest BCUT2D eigenvalue weighted by molar-refractivity contribution is 5.98. The van der Waals surface area contributed by atoms with E-state index in [0.717, 1.165) is 12.8 Å². The van der Waals surface area contributed by atoms with E-state index >= 15 is 0 Å². The number of rotatable bonds is 7. The summed E-state index contributed by atoms with van der Waals surface area (Å²) in [5.41, 5.74) is 0.647. The Labute approximate surface area is 152 Å². The number of benzene rings is 1. The highest BCUT2D eigenvalue weighted by Gasteiger charge is 2.20. The van der Waals surface area contributed by atoms with Crippen molar-refractivity contribution < 1.29 is 28.5 Å². The molecule has 142 valence electrons. The van der Waals surface area contributed by atoms with E-state index in [0.29, 0.717) is 55.8 Å². The third-order valence-electron chi connectivity index (χ3n) is 4.68. The van der Waals surface area contributed by atoms with Crippen LogP contribution < -0.4 is 10.1 Å². The van der Waals surface area contributed by atoms with Gasteiger partial charge < -0.3 is 24.3 Å². The number of hydrogen-bond donors (Lipinski definition) is 1. The molecule has 1 saturated heterocycles. The molecule has 1 unspecified atom stereocenters. The van der Waals surface area contributed by atoms with Gasteiger partial charge in [-0.2, -0.15) is 0 Å². The largest absolute Gasteiger partial charge is 0.493 e. The first-order valence-corrected chi connectivity index (χ1v) is 8.99. The number of methoxy groups -OCH3 is 1. The van der Waals surface area contributed by atoms with Crippen molar-refractivity contribution in [1.29, 1.82) is 0 Å². The van der Waals surface area contributed by atoms with Crippen LogP contribution in [0.3, 0.4) is 0 Å². The highest BCUT2D eigenvalue weighted by atomic mass is 16.6. The van der Waals surface area contributed by atoms with E-state index < -0.39 is 5.97 Å². The van der Waals surface area contributed by atoms with Crippen molar-refractivity contribution >= 4 is 11.9 Å². The van der Waals surface area contributed by atoms with Gasteiger partial charge in [-0.25, -0.2) is 4.79 Å². The Morgan fingerprint density at radius 2 is 2.00 bits per heavy atom. The van der Waals surface area contributed by atoms with Gasteiger partial charge in [-0.1, -0.05) is 6.42 Å². The maximum absolute atomic E-state index is 12.5. The van der Waals surface area contributed by atoms with E-state index in [9.17, 15) is 9.59 Å². The second-order valence-electron chi connectivity index (χ2n) is 6.62. The average Bonchev–Trinajstić information content (AvgIpc) is 2.64. The second kappa shape index (κ2) is 9.00. The summed E-state index contributed by atoms with van der Waals surface area (Å²) in [5, 5.41) is 2.82. The van der Waals surface area contributed by atoms with Gasteiger partial charge in [0, 0.05) is 12.1 Å². The molecular formula is C19H25NO6. The van der Waals surface area contributed by atoms with Gasteiger partial charge in [0.2, 0.25) is 0 Å². The normalized spacial score (nSPS) is 20.1. The summed E-state index contributed by atoms with van der Waals surface area (Å²) in [5.74, 6) is 0.260. The van der Waals surface area contributed by atoms with Crippen molar-refractivity contribution in [2.45, 2.75) is 25.4 Å². The number of nitrogens with one attached hydrogen (secondary N) is 1. The Bertz CT molecular complexity index is 637. The number of ether oxygens (including phenoxy) is 4. The van der Waals surface area contributed by atoms with Crippen LogP contribution in [0.15, 0.2) is 18.2 Å². The SMILES string of the molecule is COC(=O)c1cc(OCC2CCC2)cc(C(=O)NCC2COCCO2)c1. The topological polar surface area (TPSA) is 83.1 Å². The third kappa shape index (κ3) is 4.95. The molecule has 1 aromatic carbocycles. The van der Waals surface area contributed by atoms with Crippen molar-refractivity contribution in [2.24, 2.45) is 5.92 Å². The van der Waals surface area contributed by atoms with Crippen LogP contribution in [-0.2, 0) is 14.2 Å². The van der Waals surface area contributed by atoms with Gasteiger partial charge in [0.25, 0.3) is 5.91 Å². The third-order valence-corrected chi connectivity index (χ3v) is 4.68. The Kier molecular flexibility index (Phi) is 6.46. The van der Waals surface area contributed by atoms with Gasteiger partial charge in [0.1, 0.15) is 5.75 Å². The molecule has 0 aromatic heterocycles. The first kappa shape index (κ1) is 18.7. The molecule has 26 heavy (non-hydrogen) atoms. The molecule has 3 rings (SSSR count). The van der Waals surface area contributed by atoms with Crippen molar-refractivity contribution in [3.05, 3.63) is 29.3 Å². The minimum Gasteiger partial charge on any atom is -0.493 e. The van der Waals surface area contributed by atoms with E-state index in [1.165, 1.54) is 19.6 Å². The standard InChI is InChI=1S/C19H25NO6/c1-23-19(22)15-7-14(8-16(9-15)26-11-13-3-2-4-13)18(21)20-10-17-12-24-5-6-25-17/h7-9,13,17H,2-6,10-12H2,1H3,(H,20,21). The fourth-order valence-corrected chi connectivity index (χ4v) is 2.89. The number of hydrogen-bond acceptors (Lipinski definition) is 6. The lowest BCUT2D eigenvalue weighted by Crippen LogP contribution is -2.39. The van der Waals surface area contributed by atoms with E-state index in [4.69, 9.17) is 18.9 Å². The Hall–Kier alpha value is -2.12. The predicted molar refractivity (Wildman–Crippen MR) is 93.5 cm³/mol. The van der Waals surface area contributed by atoms with Crippen LogP contribution >= 0.6 is 0 Å². The first-order chi connectivity index (χ1) is 12.7. The van der Waals surface area contributed by atoms with Crippen molar-refractivity contribution in [3.63, 3.8) is 0 Å². The zero-order valence-electron chi connectivity index (χ0n) is 15.0. The minimum atomic E-state index is -0.503. The number of carbonyl (C=O) groups excluding carboxylic acids is 2. The van der Waals surface area contributed by atoms with E-state index in [1.54, 1.807) is 12.1 Å². The van der Waals surface area contributed by atoms with Crippen LogP contribution in [-0.4, -0.2) is 58.1 Å². The maximum Gasteiger partial charge on any atom is 0.338 e. The Morgan fingerprint density at radius 1 is 1.19 bits per heavy atom. The molecule has 0 bridgehead atoms. The predicted octanol–water partition coefficient (Wildman–Crippen LogP) is 1.80. The van der Waals surface area contributed by atoms with Crippen LogP contribution in [0, 0.1) is 5.92 Å². The molecule has 1 amide bonds. The monoisotopic (exact) mass is 363 g/mol. The lowest BCUT2D eigenvalue weighted by Gasteiger charge is -2.25. The summed E-state index contributed by atoms with van der Waals surface area (Å²) in [4.78, 5) is 24.4. The summed E-state index contributed by atoms with van der Waals surface area (Å²) in [7, 11) is 1.31. The molecule has 0 radical (unpaired) electrons. The summed E-state index contributed by atoms with van der Waals surface area (Å²) < 4.78 is 21.4. The van der Waals surface area contributed by atoms with Gasteiger partial charge in [0.05, 0.1) is 45.2 Å². The second-order valence-corrected chi connectivity index (χ2v) is 6.62. The first-order valence-electron chi connectivity index (χ1n) is 8.99. The smallest absolute Gasteiger partial charge is 0.338 e. The van der Waals surface area contributed by atoms with Crippen molar-refractivity contribution in [2.75, 3.05) is 40.1 Å². The van der Waals surface area contributed by atoms with Gasteiger partial charge in [0.15, 0.2) is 0 Å². The molecule has 2 aliphatic rings. The molecule has 0 spiro atoms. The Morgan fingerprint density at radius 3 is 2.65 bits per heavy atom. The molecule has 1 saturated carbocycles. The van der Waals surface area contributed by atoms with Gasteiger partial charge in [-0.3, -0.25) is 4.79 Å². The fourth-order valence-electron chi connectivity index (χ4n) is 2.89. The van der Waals surface area contributed by atoms with Crippen LogP contribution in [0.4, 0.5) is 0 Å². The van der Waals surface area contributed by atoms with Crippen molar-refractivity contribution in [3.8, 4) is 5.75 Å². The zero-order chi connectivity index (χ0) is 18.4. The van der Waals surface area contributed by atoms with E-state index in [2.05, 4.69) is 5.32 Å². The molecule has 1 aromatic rings. The Balaban J connectivity index is 1.66. The van der Waals surface area contributed by atoms with E-state index in [1.807, 2.05) is 0 Å². The lowest BCUT2D eigenvalue weighted by molar-refractivity contribution is -0.0855. The molecular weight excluding hydrogens is 338 g/mol. The molecule has 1 heterocycles. The van der Waals surface area contributed by atoms with Crippen LogP contribution in [0.5, 0.6) is 5.75 Å². The molecule has 1 N–H and O–H groups in total. The molecule has 1 aliphatic carbocycles. The summed E-state index contributed by atoms with van der Waals surface area (Å²) in [6.45, 7) is 2.50. The highest BCUT2D eigenvalue weighted by Crippen LogP contribution is 2.27. The fraction of sp³-hybridized carbons (Fsp3) is 0.579. The number of carbonyl (C=O) groups is 2. The van der Waals surface area contributed by atoms with Crippen LogP contribution in [0.1, 0.15) is 40.0 Å². The number of esters is 1. The maximum atomic E-state index is 12.5. The van der Waals surface area contributed by atoms with Crippen LogP contribution in [0.25, 0.3) is 0 Å². The summed E-state index contributed by atoms with van der Waals surface area (Å²) >= 11 is 0. The molecule has 1 aliphatic heterocycles. The molecule has 1 atom stereocenters. The average molecular weight is 363 g/mol. The van der Waals surface area contributed by atoms with Crippen LogP contribution in [0.2, 0.25) is 0 Å². The zero-order valence-corrected chi connectivity index (χ0v) is 15.0. The quantitative estimate of drug-likeness (QED) is 0.744. The molecule has 2 fully saturated rings. The summed E-state index contributed by atoms with van der Waals surface area (Å²) in [6.07, 6.45) is 3.39. The van der Waals surface area contributed by atoms with Gasteiger partial charge in [-0.15, -0.1) is 0 Å².